The summed E-state index contributed by atoms with van der Waals surface area (Å²) in [5, 5.41) is 3.18. The highest BCUT2D eigenvalue weighted by Crippen LogP contribution is 2.23. The summed E-state index contributed by atoms with van der Waals surface area (Å²) < 4.78 is 0. The van der Waals surface area contributed by atoms with Gasteiger partial charge in [0, 0.05) is 45.3 Å². The van der Waals surface area contributed by atoms with Crippen molar-refractivity contribution in [3.05, 3.63) is 0 Å². The first kappa shape index (κ1) is 15.1. The predicted molar refractivity (Wildman–Crippen MR) is 78.6 cm³/mol. The average molecular weight is 288 g/mol. The monoisotopic (exact) mass is 287 g/mol. The number of hydrogen-bond acceptors (Lipinski definition) is 3. The van der Waals surface area contributed by atoms with Crippen LogP contribution < -0.4 is 5.32 Å². The van der Waals surface area contributed by atoms with Crippen LogP contribution in [0.2, 0.25) is 0 Å². The Balaban J connectivity index is 0.00000133. The summed E-state index contributed by atoms with van der Waals surface area (Å²) in [4.78, 5) is 16.8. The lowest BCUT2D eigenvalue weighted by atomic mass is 9.93. The molecule has 5 heteroatoms. The van der Waals surface area contributed by atoms with Crippen molar-refractivity contribution in [2.45, 2.75) is 38.1 Å². The largest absolute Gasteiger partial charge is 0.340 e. The van der Waals surface area contributed by atoms with Crippen molar-refractivity contribution in [2.24, 2.45) is 5.92 Å². The van der Waals surface area contributed by atoms with E-state index in [1.807, 2.05) is 0 Å². The van der Waals surface area contributed by atoms with Gasteiger partial charge in [0.15, 0.2) is 0 Å². The van der Waals surface area contributed by atoms with Gasteiger partial charge in [0.2, 0.25) is 5.91 Å². The summed E-state index contributed by atoms with van der Waals surface area (Å²) in [6, 6.07) is 0.807. The molecular formula is C14H26ClN3O. The topological polar surface area (TPSA) is 35.6 Å². The molecule has 1 saturated carbocycles. The number of amides is 1. The third-order valence-corrected chi connectivity index (χ3v) is 4.85. The van der Waals surface area contributed by atoms with E-state index in [0.717, 1.165) is 45.3 Å². The summed E-state index contributed by atoms with van der Waals surface area (Å²) in [5.74, 6) is 0.656. The molecule has 1 aliphatic carbocycles. The minimum Gasteiger partial charge on any atom is -0.340 e. The highest BCUT2D eigenvalue weighted by molar-refractivity contribution is 5.85. The highest BCUT2D eigenvalue weighted by atomic mass is 35.5. The Hall–Kier alpha value is -0.320. The smallest absolute Gasteiger partial charge is 0.228 e. The van der Waals surface area contributed by atoms with Gasteiger partial charge in [0.25, 0.3) is 0 Å². The molecule has 0 bridgehead atoms. The third kappa shape index (κ3) is 3.41. The average Bonchev–Trinajstić information content (AvgIpc) is 2.38. The summed E-state index contributed by atoms with van der Waals surface area (Å²) >= 11 is 0. The molecule has 3 aliphatic rings. The summed E-state index contributed by atoms with van der Waals surface area (Å²) in [6.07, 6.45) is 6.97. The van der Waals surface area contributed by atoms with Crippen molar-refractivity contribution in [1.29, 1.82) is 0 Å². The molecule has 2 saturated heterocycles. The van der Waals surface area contributed by atoms with E-state index in [1.54, 1.807) is 0 Å². The van der Waals surface area contributed by atoms with Crippen LogP contribution in [0.3, 0.4) is 0 Å². The number of nitrogens with one attached hydrogen (secondary N) is 1. The molecule has 2 heterocycles. The minimum absolute atomic E-state index is 0. The summed E-state index contributed by atoms with van der Waals surface area (Å²) in [5.41, 5.74) is 0. The Morgan fingerprint density at radius 1 is 0.947 bits per heavy atom. The van der Waals surface area contributed by atoms with Crippen molar-refractivity contribution in [1.82, 2.24) is 15.1 Å². The van der Waals surface area contributed by atoms with E-state index in [9.17, 15) is 4.79 Å². The zero-order valence-electron chi connectivity index (χ0n) is 11.6. The molecule has 1 N–H and O–H groups in total. The van der Waals surface area contributed by atoms with Crippen LogP contribution >= 0.6 is 12.4 Å². The van der Waals surface area contributed by atoms with Crippen molar-refractivity contribution < 1.29 is 4.79 Å². The Kier molecular flexibility index (Phi) is 5.48. The summed E-state index contributed by atoms with van der Waals surface area (Å²) in [7, 11) is 0. The van der Waals surface area contributed by atoms with Crippen LogP contribution in [0, 0.1) is 5.92 Å². The number of carbonyl (C=O) groups excluding carboxylic acids is 1. The van der Waals surface area contributed by atoms with Gasteiger partial charge in [-0.25, -0.2) is 0 Å². The lowest BCUT2D eigenvalue weighted by Crippen LogP contribution is -2.57. The van der Waals surface area contributed by atoms with Gasteiger partial charge < -0.3 is 10.2 Å². The molecule has 0 unspecified atom stereocenters. The molecule has 1 amide bonds. The lowest BCUT2D eigenvalue weighted by molar-refractivity contribution is -0.139. The number of rotatable bonds is 2. The van der Waals surface area contributed by atoms with Gasteiger partial charge in [-0.15, -0.1) is 12.4 Å². The predicted octanol–water partition coefficient (Wildman–Crippen LogP) is 1.10. The van der Waals surface area contributed by atoms with Crippen molar-refractivity contribution in [2.75, 3.05) is 39.3 Å². The molecule has 3 fully saturated rings. The number of hydrogen-bond donors (Lipinski definition) is 1. The molecule has 0 aromatic heterocycles. The van der Waals surface area contributed by atoms with Crippen LogP contribution in [0.15, 0.2) is 0 Å². The van der Waals surface area contributed by atoms with Crippen molar-refractivity contribution in [3.63, 3.8) is 0 Å². The standard InChI is InChI=1S/C14H25N3O.ClH/c18-14(12-10-15-11-12)17-8-6-16(7-9-17)13-4-2-1-3-5-13;/h12-13,15H,1-11H2;1H. The zero-order chi connectivity index (χ0) is 12.4. The van der Waals surface area contributed by atoms with E-state index >= 15 is 0 Å². The van der Waals surface area contributed by atoms with Crippen LogP contribution in [-0.2, 0) is 4.79 Å². The number of nitrogens with zero attached hydrogens (tertiary/aromatic N) is 2. The van der Waals surface area contributed by atoms with Crippen LogP contribution in [0.25, 0.3) is 0 Å². The molecule has 110 valence electrons. The van der Waals surface area contributed by atoms with Gasteiger partial charge in [-0.2, -0.15) is 0 Å². The first-order valence-electron chi connectivity index (χ1n) is 7.58. The number of halogens is 1. The molecule has 4 nitrogen and oxygen atoms in total. The van der Waals surface area contributed by atoms with Gasteiger partial charge in [0.05, 0.1) is 5.92 Å². The van der Waals surface area contributed by atoms with E-state index in [1.165, 1.54) is 32.1 Å². The van der Waals surface area contributed by atoms with Crippen LogP contribution in [0.4, 0.5) is 0 Å². The molecule has 19 heavy (non-hydrogen) atoms. The molecular weight excluding hydrogens is 262 g/mol. The molecule has 0 spiro atoms. The Morgan fingerprint density at radius 3 is 2.11 bits per heavy atom. The minimum atomic E-state index is 0. The fourth-order valence-electron chi connectivity index (χ4n) is 3.48. The Morgan fingerprint density at radius 2 is 1.58 bits per heavy atom. The Labute approximate surface area is 122 Å². The SMILES string of the molecule is Cl.O=C(C1CNC1)N1CCN(C2CCCCC2)CC1. The second-order valence-corrected chi connectivity index (χ2v) is 6.01. The number of piperazine rings is 1. The second kappa shape index (κ2) is 6.91. The summed E-state index contributed by atoms with van der Waals surface area (Å²) in [6.45, 7) is 5.87. The van der Waals surface area contributed by atoms with Gasteiger partial charge in [-0.1, -0.05) is 19.3 Å². The lowest BCUT2D eigenvalue weighted by Gasteiger charge is -2.42. The van der Waals surface area contributed by atoms with E-state index in [0.29, 0.717) is 5.91 Å². The fourth-order valence-corrected chi connectivity index (χ4v) is 3.48. The fraction of sp³-hybridized carbons (Fsp3) is 0.929. The van der Waals surface area contributed by atoms with E-state index < -0.39 is 0 Å². The number of carbonyl (C=O) groups is 1. The van der Waals surface area contributed by atoms with E-state index in [-0.39, 0.29) is 18.3 Å². The van der Waals surface area contributed by atoms with Gasteiger partial charge >= 0.3 is 0 Å². The quantitative estimate of drug-likeness (QED) is 0.826. The maximum absolute atomic E-state index is 12.1. The van der Waals surface area contributed by atoms with Crippen LogP contribution in [-0.4, -0.2) is 61.0 Å². The highest BCUT2D eigenvalue weighted by Gasteiger charge is 2.32. The van der Waals surface area contributed by atoms with Crippen molar-refractivity contribution in [3.8, 4) is 0 Å². The first-order valence-corrected chi connectivity index (χ1v) is 7.58. The molecule has 0 aromatic rings. The van der Waals surface area contributed by atoms with Crippen molar-refractivity contribution >= 4 is 18.3 Å². The van der Waals surface area contributed by atoms with Crippen LogP contribution in [0.1, 0.15) is 32.1 Å². The normalized spacial score (nSPS) is 26.6. The van der Waals surface area contributed by atoms with E-state index in [2.05, 4.69) is 15.1 Å². The van der Waals surface area contributed by atoms with Gasteiger partial charge in [0.1, 0.15) is 0 Å². The molecule has 0 radical (unpaired) electrons. The molecule has 2 aliphatic heterocycles. The van der Waals surface area contributed by atoms with Gasteiger partial charge in [-0.05, 0) is 12.8 Å². The first-order chi connectivity index (χ1) is 8.84. The van der Waals surface area contributed by atoms with Gasteiger partial charge in [-0.3, -0.25) is 9.69 Å². The third-order valence-electron chi connectivity index (χ3n) is 4.85. The maximum atomic E-state index is 12.1. The van der Waals surface area contributed by atoms with Crippen LogP contribution in [0.5, 0.6) is 0 Å². The Bertz CT molecular complexity index is 295. The molecule has 0 aromatic carbocycles. The second-order valence-electron chi connectivity index (χ2n) is 6.01. The molecule has 0 atom stereocenters. The zero-order valence-corrected chi connectivity index (χ0v) is 12.5. The maximum Gasteiger partial charge on any atom is 0.228 e. The van der Waals surface area contributed by atoms with E-state index in [4.69, 9.17) is 0 Å². The molecule has 3 rings (SSSR count).